The van der Waals surface area contributed by atoms with Crippen molar-refractivity contribution >= 4 is 23.4 Å². The van der Waals surface area contributed by atoms with E-state index in [0.29, 0.717) is 11.3 Å². The normalized spacial score (nSPS) is 16.8. The van der Waals surface area contributed by atoms with Crippen LogP contribution in [0.25, 0.3) is 6.08 Å². The van der Waals surface area contributed by atoms with E-state index in [0.717, 1.165) is 11.3 Å². The monoisotopic (exact) mass is 258 g/mol. The summed E-state index contributed by atoms with van der Waals surface area (Å²) in [4.78, 5) is 18.4. The molecule has 100 valence electrons. The van der Waals surface area contributed by atoms with Crippen molar-refractivity contribution in [2.75, 3.05) is 19.0 Å². The Morgan fingerprint density at radius 2 is 1.84 bits per heavy atom. The Hall–Kier alpha value is -2.10. The highest BCUT2D eigenvalue weighted by Crippen LogP contribution is 2.21. The van der Waals surface area contributed by atoms with Crippen LogP contribution in [-0.4, -0.2) is 25.8 Å². The van der Waals surface area contributed by atoms with Crippen molar-refractivity contribution in [3.63, 3.8) is 0 Å². The molecular formula is C15H18N2O2. The summed E-state index contributed by atoms with van der Waals surface area (Å²) in [6.07, 6.45) is 1.83. The molecule has 0 saturated heterocycles. The van der Waals surface area contributed by atoms with Gasteiger partial charge >= 0.3 is 5.97 Å². The van der Waals surface area contributed by atoms with Crippen LogP contribution in [-0.2, 0) is 9.63 Å². The Balaban J connectivity index is 2.29. The molecule has 0 radical (unpaired) electrons. The van der Waals surface area contributed by atoms with Gasteiger partial charge in [-0.25, -0.2) is 4.79 Å². The summed E-state index contributed by atoms with van der Waals surface area (Å²) in [5.74, 6) is -0.209. The molecule has 0 bridgehead atoms. The predicted octanol–water partition coefficient (Wildman–Crippen LogP) is 2.70. The van der Waals surface area contributed by atoms with Gasteiger partial charge in [0.15, 0.2) is 0 Å². The van der Waals surface area contributed by atoms with E-state index in [4.69, 9.17) is 4.84 Å². The molecule has 2 rings (SSSR count). The second-order valence-corrected chi connectivity index (χ2v) is 5.05. The largest absolute Gasteiger partial charge is 0.378 e. The van der Waals surface area contributed by atoms with Crippen LogP contribution in [0.1, 0.15) is 19.4 Å². The Kier molecular flexibility index (Phi) is 3.69. The molecule has 0 N–H and O–H groups in total. The molecular weight excluding hydrogens is 240 g/mol. The number of nitrogens with zero attached hydrogens (tertiary/aromatic N) is 2. The summed E-state index contributed by atoms with van der Waals surface area (Å²) in [7, 11) is 3.98. The van der Waals surface area contributed by atoms with Gasteiger partial charge in [-0.15, -0.1) is 0 Å². The molecule has 4 heteroatoms. The van der Waals surface area contributed by atoms with Gasteiger partial charge < -0.3 is 9.74 Å². The summed E-state index contributed by atoms with van der Waals surface area (Å²) in [5.41, 5.74) is 3.34. The van der Waals surface area contributed by atoms with Crippen molar-refractivity contribution in [3.8, 4) is 0 Å². The highest BCUT2D eigenvalue weighted by atomic mass is 16.7. The average Bonchev–Trinajstić information content (AvgIpc) is 2.72. The third kappa shape index (κ3) is 2.84. The molecule has 4 nitrogen and oxygen atoms in total. The van der Waals surface area contributed by atoms with Crippen LogP contribution in [0.3, 0.4) is 0 Å². The SMILES string of the molecule is CC(C)C1=NOC(=O)/C1=C\c1ccc(N(C)C)cc1. The smallest absolute Gasteiger partial charge is 0.367 e. The maximum atomic E-state index is 11.7. The fourth-order valence-electron chi connectivity index (χ4n) is 1.88. The van der Waals surface area contributed by atoms with Gasteiger partial charge in [0.2, 0.25) is 0 Å². The van der Waals surface area contributed by atoms with Crippen LogP contribution in [0.4, 0.5) is 5.69 Å². The number of hydrogen-bond donors (Lipinski definition) is 0. The van der Waals surface area contributed by atoms with Crippen molar-refractivity contribution in [2.45, 2.75) is 13.8 Å². The quantitative estimate of drug-likeness (QED) is 0.618. The summed E-state index contributed by atoms with van der Waals surface area (Å²) >= 11 is 0. The minimum Gasteiger partial charge on any atom is -0.378 e. The maximum Gasteiger partial charge on any atom is 0.367 e. The lowest BCUT2D eigenvalue weighted by Gasteiger charge is -2.12. The van der Waals surface area contributed by atoms with Gasteiger partial charge in [-0.3, -0.25) is 0 Å². The van der Waals surface area contributed by atoms with Gasteiger partial charge in [0.05, 0.1) is 11.3 Å². The van der Waals surface area contributed by atoms with Crippen molar-refractivity contribution in [3.05, 3.63) is 35.4 Å². The Labute approximate surface area is 113 Å². The van der Waals surface area contributed by atoms with Gasteiger partial charge in [-0.05, 0) is 29.7 Å². The van der Waals surface area contributed by atoms with Gasteiger partial charge in [0.25, 0.3) is 0 Å². The Morgan fingerprint density at radius 1 is 1.21 bits per heavy atom. The predicted molar refractivity (Wildman–Crippen MR) is 77.1 cm³/mol. The summed E-state index contributed by atoms with van der Waals surface area (Å²) < 4.78 is 0. The van der Waals surface area contributed by atoms with Crippen molar-refractivity contribution in [1.29, 1.82) is 0 Å². The number of anilines is 1. The second-order valence-electron chi connectivity index (χ2n) is 5.05. The van der Waals surface area contributed by atoms with Crippen molar-refractivity contribution in [1.82, 2.24) is 0 Å². The first-order valence-electron chi connectivity index (χ1n) is 6.27. The van der Waals surface area contributed by atoms with Crippen LogP contribution >= 0.6 is 0 Å². The van der Waals surface area contributed by atoms with E-state index in [-0.39, 0.29) is 11.9 Å². The van der Waals surface area contributed by atoms with Gasteiger partial charge in [0.1, 0.15) is 0 Å². The molecule has 0 atom stereocenters. The van der Waals surface area contributed by atoms with Crippen LogP contribution < -0.4 is 4.90 Å². The van der Waals surface area contributed by atoms with E-state index in [9.17, 15) is 4.79 Å². The molecule has 1 aliphatic rings. The van der Waals surface area contributed by atoms with Crippen LogP contribution in [0.15, 0.2) is 35.0 Å². The first kappa shape index (κ1) is 13.3. The van der Waals surface area contributed by atoms with Crippen LogP contribution in [0.2, 0.25) is 0 Å². The number of carbonyl (C=O) groups is 1. The number of hydrogen-bond acceptors (Lipinski definition) is 4. The van der Waals surface area contributed by atoms with E-state index < -0.39 is 0 Å². The third-order valence-corrected chi connectivity index (χ3v) is 2.99. The van der Waals surface area contributed by atoms with Gasteiger partial charge in [-0.1, -0.05) is 31.1 Å². The lowest BCUT2D eigenvalue weighted by Crippen LogP contribution is -2.11. The molecule has 1 aromatic rings. The fraction of sp³-hybridized carbons (Fsp3) is 0.333. The first-order chi connectivity index (χ1) is 8.99. The van der Waals surface area contributed by atoms with Crippen LogP contribution in [0.5, 0.6) is 0 Å². The molecule has 1 heterocycles. The number of carbonyl (C=O) groups excluding carboxylic acids is 1. The summed E-state index contributed by atoms with van der Waals surface area (Å²) in [6.45, 7) is 3.98. The minimum absolute atomic E-state index is 0.166. The lowest BCUT2D eigenvalue weighted by atomic mass is 9.98. The third-order valence-electron chi connectivity index (χ3n) is 2.99. The topological polar surface area (TPSA) is 41.9 Å². The first-order valence-corrected chi connectivity index (χ1v) is 6.27. The second kappa shape index (κ2) is 5.26. The van der Waals surface area contributed by atoms with E-state index in [1.807, 2.05) is 63.2 Å². The molecule has 1 aliphatic heterocycles. The molecule has 0 spiro atoms. The standard InChI is InChI=1S/C15H18N2O2/c1-10(2)14-13(15(18)19-16-14)9-11-5-7-12(8-6-11)17(3)4/h5-10H,1-4H3/b13-9-. The van der Waals surface area contributed by atoms with E-state index in [1.165, 1.54) is 0 Å². The Morgan fingerprint density at radius 3 is 2.37 bits per heavy atom. The van der Waals surface area contributed by atoms with Gasteiger partial charge in [0, 0.05) is 19.8 Å². The number of rotatable bonds is 3. The zero-order valence-corrected chi connectivity index (χ0v) is 11.7. The molecule has 1 aromatic carbocycles. The number of benzene rings is 1. The maximum absolute atomic E-state index is 11.7. The van der Waals surface area contributed by atoms with E-state index in [2.05, 4.69) is 5.16 Å². The van der Waals surface area contributed by atoms with Crippen molar-refractivity contribution in [2.24, 2.45) is 11.1 Å². The average molecular weight is 258 g/mol. The van der Waals surface area contributed by atoms with E-state index in [1.54, 1.807) is 0 Å². The molecule has 0 fully saturated rings. The zero-order chi connectivity index (χ0) is 14.0. The fourth-order valence-corrected chi connectivity index (χ4v) is 1.88. The molecule has 0 aliphatic carbocycles. The minimum atomic E-state index is -0.375. The molecule has 0 amide bonds. The number of oxime groups is 1. The molecule has 0 saturated carbocycles. The molecule has 0 unspecified atom stereocenters. The van der Waals surface area contributed by atoms with Crippen molar-refractivity contribution < 1.29 is 9.63 Å². The highest BCUT2D eigenvalue weighted by molar-refractivity contribution is 6.25. The summed E-state index contributed by atoms with van der Waals surface area (Å²) in [5, 5.41) is 3.83. The van der Waals surface area contributed by atoms with Crippen LogP contribution in [0, 0.1) is 5.92 Å². The molecule has 19 heavy (non-hydrogen) atoms. The van der Waals surface area contributed by atoms with Gasteiger partial charge in [-0.2, -0.15) is 0 Å². The zero-order valence-electron chi connectivity index (χ0n) is 11.7. The van der Waals surface area contributed by atoms with E-state index >= 15 is 0 Å². The highest BCUT2D eigenvalue weighted by Gasteiger charge is 2.27. The summed E-state index contributed by atoms with van der Waals surface area (Å²) in [6, 6.07) is 7.98. The lowest BCUT2D eigenvalue weighted by molar-refractivity contribution is -0.136. The Bertz CT molecular complexity index is 540. The molecule has 0 aromatic heterocycles.